The molecular formula is C23H25N3O3S2. The number of sulfonamides is 1. The number of rotatable bonds is 3. The van der Waals surface area contributed by atoms with Gasteiger partial charge in [0.2, 0.25) is 15.9 Å². The van der Waals surface area contributed by atoms with Gasteiger partial charge < -0.3 is 4.90 Å². The third-order valence-electron chi connectivity index (χ3n) is 6.31. The third kappa shape index (κ3) is 4.00. The minimum absolute atomic E-state index is 0.0919. The maximum absolute atomic E-state index is 13.6. The van der Waals surface area contributed by atoms with Crippen molar-refractivity contribution in [3.63, 3.8) is 0 Å². The largest absolute Gasteiger partial charge is 0.341 e. The molecule has 6 nitrogen and oxygen atoms in total. The Kier molecular flexibility index (Phi) is 5.32. The molecule has 2 aliphatic rings. The van der Waals surface area contributed by atoms with Crippen LogP contribution in [0.25, 0.3) is 10.2 Å². The summed E-state index contributed by atoms with van der Waals surface area (Å²) < 4.78 is 27.6. The zero-order valence-electron chi connectivity index (χ0n) is 17.4. The van der Waals surface area contributed by atoms with E-state index in [-0.39, 0.29) is 18.4 Å². The van der Waals surface area contributed by atoms with Gasteiger partial charge in [-0.25, -0.2) is 13.4 Å². The van der Waals surface area contributed by atoms with Crippen LogP contribution in [0.3, 0.4) is 0 Å². The van der Waals surface area contributed by atoms with Crippen molar-refractivity contribution in [3.8, 4) is 0 Å². The minimum Gasteiger partial charge on any atom is -0.341 e. The van der Waals surface area contributed by atoms with Gasteiger partial charge in [0, 0.05) is 25.6 Å². The molecule has 162 valence electrons. The molecule has 3 aromatic rings. The summed E-state index contributed by atoms with van der Waals surface area (Å²) in [6.45, 7) is 1.50. The second kappa shape index (κ2) is 8.00. The molecular weight excluding hydrogens is 430 g/mol. The number of thiazole rings is 1. The van der Waals surface area contributed by atoms with Crippen molar-refractivity contribution in [2.75, 3.05) is 19.3 Å². The molecule has 1 aromatic heterocycles. The average molecular weight is 456 g/mol. The minimum atomic E-state index is -3.51. The Hall–Kier alpha value is -2.29. The Morgan fingerprint density at radius 3 is 2.61 bits per heavy atom. The van der Waals surface area contributed by atoms with E-state index in [1.165, 1.54) is 10.6 Å². The van der Waals surface area contributed by atoms with Crippen LogP contribution in [0.2, 0.25) is 0 Å². The lowest BCUT2D eigenvalue weighted by atomic mass is 9.93. The lowest BCUT2D eigenvalue weighted by molar-refractivity contribution is -0.137. The summed E-state index contributed by atoms with van der Waals surface area (Å²) >= 11 is 1.69. The van der Waals surface area contributed by atoms with Crippen LogP contribution in [0.5, 0.6) is 0 Å². The number of fused-ring (bicyclic) bond motifs is 2. The number of piperidine rings is 1. The van der Waals surface area contributed by atoms with Gasteiger partial charge >= 0.3 is 0 Å². The second-order valence-electron chi connectivity index (χ2n) is 8.44. The SMILES string of the molecule is CS(=O)(=O)N1Cc2ccccc2C[C@@H]1C(=O)N1CCC[C@@H](c2nc3ccccc3s2)C1. The van der Waals surface area contributed by atoms with Gasteiger partial charge in [0.15, 0.2) is 0 Å². The summed E-state index contributed by atoms with van der Waals surface area (Å²) in [6, 6.07) is 15.2. The van der Waals surface area contributed by atoms with Crippen LogP contribution in [0.1, 0.15) is 34.9 Å². The van der Waals surface area contributed by atoms with Crippen LogP contribution in [0, 0.1) is 0 Å². The first-order chi connectivity index (χ1) is 14.9. The molecule has 8 heteroatoms. The van der Waals surface area contributed by atoms with E-state index in [0.717, 1.165) is 39.2 Å². The molecule has 0 saturated carbocycles. The zero-order valence-corrected chi connectivity index (χ0v) is 19.0. The highest BCUT2D eigenvalue weighted by Gasteiger charge is 2.40. The standard InChI is InChI=1S/C23H25N3O3S2/c1-31(28,29)26-15-17-8-3-2-7-16(17)13-20(26)23(27)25-12-6-9-18(14-25)22-24-19-10-4-5-11-21(19)30-22/h2-5,7-8,10-11,18,20H,6,9,12-15H2,1H3/t18-,20-/m1/s1. The van der Waals surface area contributed by atoms with Gasteiger partial charge in [0.1, 0.15) is 6.04 Å². The fraction of sp³-hybridized carbons (Fsp3) is 0.391. The van der Waals surface area contributed by atoms with E-state index < -0.39 is 16.1 Å². The number of benzene rings is 2. The van der Waals surface area contributed by atoms with Crippen molar-refractivity contribution in [2.45, 2.75) is 37.8 Å². The molecule has 5 rings (SSSR count). The first-order valence-corrected chi connectivity index (χ1v) is 13.2. The van der Waals surface area contributed by atoms with Gasteiger partial charge in [-0.1, -0.05) is 36.4 Å². The van der Waals surface area contributed by atoms with Crippen LogP contribution < -0.4 is 0 Å². The predicted molar refractivity (Wildman–Crippen MR) is 122 cm³/mol. The van der Waals surface area contributed by atoms with Crippen molar-refractivity contribution < 1.29 is 13.2 Å². The van der Waals surface area contributed by atoms with Crippen LogP contribution >= 0.6 is 11.3 Å². The van der Waals surface area contributed by atoms with E-state index in [4.69, 9.17) is 4.98 Å². The first kappa shape index (κ1) is 20.6. The topological polar surface area (TPSA) is 70.6 Å². The number of hydrogen-bond donors (Lipinski definition) is 0. The zero-order chi connectivity index (χ0) is 21.6. The van der Waals surface area contributed by atoms with Crippen LogP contribution in [0.15, 0.2) is 48.5 Å². The molecule has 0 bridgehead atoms. The second-order valence-corrected chi connectivity index (χ2v) is 11.4. The monoisotopic (exact) mass is 455 g/mol. The summed E-state index contributed by atoms with van der Waals surface area (Å²) in [6.07, 6.45) is 3.51. The van der Waals surface area contributed by atoms with E-state index >= 15 is 0 Å². The van der Waals surface area contributed by atoms with Crippen LogP contribution in [0.4, 0.5) is 0 Å². The Labute approximate surface area is 186 Å². The normalized spacial score (nSPS) is 22.4. The molecule has 2 aromatic carbocycles. The Bertz CT molecular complexity index is 1200. The molecule has 3 heterocycles. The molecule has 2 aliphatic heterocycles. The fourth-order valence-corrected chi connectivity index (χ4v) is 6.81. The van der Waals surface area contributed by atoms with Gasteiger partial charge in [-0.15, -0.1) is 11.3 Å². The lowest BCUT2D eigenvalue weighted by Gasteiger charge is -2.39. The van der Waals surface area contributed by atoms with E-state index in [9.17, 15) is 13.2 Å². The maximum atomic E-state index is 13.6. The van der Waals surface area contributed by atoms with E-state index in [2.05, 4.69) is 6.07 Å². The molecule has 0 radical (unpaired) electrons. The van der Waals surface area contributed by atoms with E-state index in [1.54, 1.807) is 11.3 Å². The van der Waals surface area contributed by atoms with Crippen LogP contribution in [-0.4, -0.2) is 53.9 Å². The number of para-hydroxylation sites is 1. The smallest absolute Gasteiger partial charge is 0.241 e. The molecule has 0 N–H and O–H groups in total. The number of hydrogen-bond acceptors (Lipinski definition) is 5. The predicted octanol–water partition coefficient (Wildman–Crippen LogP) is 3.39. The van der Waals surface area contributed by atoms with Gasteiger partial charge in [0.05, 0.1) is 21.5 Å². The highest BCUT2D eigenvalue weighted by Crippen LogP contribution is 2.34. The molecule has 0 aliphatic carbocycles. The van der Waals surface area contributed by atoms with Crippen molar-refractivity contribution in [1.29, 1.82) is 0 Å². The van der Waals surface area contributed by atoms with Crippen molar-refractivity contribution in [1.82, 2.24) is 14.2 Å². The van der Waals surface area contributed by atoms with Crippen molar-refractivity contribution >= 4 is 37.5 Å². The van der Waals surface area contributed by atoms with Gasteiger partial charge in [-0.05, 0) is 42.5 Å². The molecule has 0 spiro atoms. The van der Waals surface area contributed by atoms with E-state index in [0.29, 0.717) is 19.5 Å². The van der Waals surface area contributed by atoms with Gasteiger partial charge in [-0.2, -0.15) is 4.31 Å². The maximum Gasteiger partial charge on any atom is 0.241 e. The number of carbonyl (C=O) groups is 1. The molecule has 0 unspecified atom stereocenters. The number of carbonyl (C=O) groups excluding carboxylic acids is 1. The Balaban J connectivity index is 1.40. The number of nitrogens with zero attached hydrogens (tertiary/aromatic N) is 3. The summed E-state index contributed by atoms with van der Waals surface area (Å²) in [5, 5.41) is 1.06. The van der Waals surface area contributed by atoms with Crippen molar-refractivity contribution in [2.24, 2.45) is 0 Å². The number of amides is 1. The molecule has 1 amide bonds. The third-order valence-corrected chi connectivity index (χ3v) is 8.74. The first-order valence-electron chi connectivity index (χ1n) is 10.6. The lowest BCUT2D eigenvalue weighted by Crippen LogP contribution is -2.54. The molecule has 2 atom stereocenters. The highest BCUT2D eigenvalue weighted by molar-refractivity contribution is 7.88. The van der Waals surface area contributed by atoms with Gasteiger partial charge in [0.25, 0.3) is 0 Å². The summed E-state index contributed by atoms with van der Waals surface area (Å²) in [5.74, 6) is 0.100. The summed E-state index contributed by atoms with van der Waals surface area (Å²) in [4.78, 5) is 20.2. The quantitative estimate of drug-likeness (QED) is 0.607. The van der Waals surface area contributed by atoms with Crippen molar-refractivity contribution in [3.05, 3.63) is 64.7 Å². The highest BCUT2D eigenvalue weighted by atomic mass is 32.2. The van der Waals surface area contributed by atoms with Crippen LogP contribution in [-0.2, 0) is 27.8 Å². The van der Waals surface area contributed by atoms with Gasteiger partial charge in [-0.3, -0.25) is 4.79 Å². The molecule has 1 saturated heterocycles. The Morgan fingerprint density at radius 1 is 1.10 bits per heavy atom. The fourth-order valence-electron chi connectivity index (χ4n) is 4.71. The molecule has 1 fully saturated rings. The molecule has 31 heavy (non-hydrogen) atoms. The summed E-state index contributed by atoms with van der Waals surface area (Å²) in [5.41, 5.74) is 3.03. The number of aromatic nitrogens is 1. The Morgan fingerprint density at radius 2 is 1.84 bits per heavy atom. The number of likely N-dealkylation sites (tertiary alicyclic amines) is 1. The average Bonchev–Trinajstić information content (AvgIpc) is 3.21. The van der Waals surface area contributed by atoms with E-state index in [1.807, 2.05) is 47.4 Å². The summed E-state index contributed by atoms with van der Waals surface area (Å²) in [7, 11) is -3.51.